The number of hydrogen-bond acceptors (Lipinski definition) is 6. The number of para-hydroxylation sites is 1. The second kappa shape index (κ2) is 10.2. The van der Waals surface area contributed by atoms with Crippen molar-refractivity contribution in [3.05, 3.63) is 114 Å². The maximum absolute atomic E-state index is 14.1. The summed E-state index contributed by atoms with van der Waals surface area (Å²) in [5.74, 6) is 2.04. The molecule has 0 spiro atoms. The van der Waals surface area contributed by atoms with Crippen LogP contribution in [-0.2, 0) is 6.42 Å². The normalized spacial score (nSPS) is 16.3. The molecule has 6 rings (SSSR count). The molecule has 39 heavy (non-hydrogen) atoms. The van der Waals surface area contributed by atoms with Crippen molar-refractivity contribution in [2.75, 3.05) is 14.2 Å². The predicted octanol–water partition coefficient (Wildman–Crippen LogP) is 5.12. The van der Waals surface area contributed by atoms with Gasteiger partial charge in [0.15, 0.2) is 16.3 Å². The lowest BCUT2D eigenvalue weighted by atomic mass is 9.83. The summed E-state index contributed by atoms with van der Waals surface area (Å²) in [6.07, 6.45) is 3.67. The van der Waals surface area contributed by atoms with Crippen LogP contribution in [0.25, 0.3) is 11.8 Å². The van der Waals surface area contributed by atoms with E-state index in [0.29, 0.717) is 20.8 Å². The van der Waals surface area contributed by atoms with Crippen LogP contribution in [0.15, 0.2) is 82.1 Å². The summed E-state index contributed by atoms with van der Waals surface area (Å²) in [5, 5.41) is 0. The van der Waals surface area contributed by atoms with E-state index in [4.69, 9.17) is 19.2 Å². The number of aryl methyl sites for hydroxylation is 1. The lowest BCUT2D eigenvalue weighted by Gasteiger charge is -2.31. The monoisotopic (exact) mass is 538 g/mol. The van der Waals surface area contributed by atoms with Crippen LogP contribution in [0.5, 0.6) is 17.2 Å². The van der Waals surface area contributed by atoms with Crippen LogP contribution in [0, 0.1) is 0 Å². The molecule has 1 atom stereocenters. The Morgan fingerprint density at radius 2 is 1.72 bits per heavy atom. The molecule has 2 aliphatic rings. The average molecular weight is 539 g/mol. The number of hydrogen-bond donors (Lipinski definition) is 0. The van der Waals surface area contributed by atoms with Crippen molar-refractivity contribution in [1.29, 1.82) is 0 Å². The van der Waals surface area contributed by atoms with Crippen LogP contribution in [0.4, 0.5) is 0 Å². The number of rotatable bonds is 6. The number of thiazole rings is 1. The number of allylic oxidation sites excluding steroid dienone is 1. The molecule has 0 bridgehead atoms. The standard InChI is InChI=1S/C32H30N2O4S/c1-19(2)38-25-12-8-6-10-21(25)18-28-31(35)34-30(22-14-16-26(36-3)27(17-22)37-4)24-15-13-20-9-5-7-11-23(20)29(24)33-32(34)39-28/h5-12,14,16-19,30H,13,15H2,1-4H3. The summed E-state index contributed by atoms with van der Waals surface area (Å²) in [5.41, 5.74) is 6.29. The van der Waals surface area contributed by atoms with Gasteiger partial charge in [-0.05, 0) is 67.7 Å². The summed E-state index contributed by atoms with van der Waals surface area (Å²) in [7, 11) is 3.26. The van der Waals surface area contributed by atoms with E-state index in [-0.39, 0.29) is 17.7 Å². The number of benzene rings is 3. The van der Waals surface area contributed by atoms with Crippen LogP contribution < -0.4 is 29.1 Å². The zero-order chi connectivity index (χ0) is 27.1. The molecule has 198 valence electrons. The quantitative estimate of drug-likeness (QED) is 0.342. The van der Waals surface area contributed by atoms with Gasteiger partial charge in [0.25, 0.3) is 5.56 Å². The van der Waals surface area contributed by atoms with Crippen molar-refractivity contribution < 1.29 is 14.2 Å². The van der Waals surface area contributed by atoms with E-state index < -0.39 is 0 Å². The fraction of sp³-hybridized carbons (Fsp3) is 0.250. The molecule has 1 unspecified atom stereocenters. The van der Waals surface area contributed by atoms with Crippen LogP contribution in [0.3, 0.4) is 0 Å². The van der Waals surface area contributed by atoms with Crippen LogP contribution in [0.2, 0.25) is 0 Å². The van der Waals surface area contributed by atoms with Crippen molar-refractivity contribution >= 4 is 23.1 Å². The first kappa shape index (κ1) is 25.2. The van der Waals surface area contributed by atoms with E-state index in [0.717, 1.165) is 46.6 Å². The lowest BCUT2D eigenvalue weighted by molar-refractivity contribution is 0.242. The molecule has 7 heteroatoms. The molecule has 2 heterocycles. The molecule has 6 nitrogen and oxygen atoms in total. The Labute approximate surface area is 231 Å². The molecule has 0 fully saturated rings. The molecular formula is C32H30N2O4S. The third-order valence-electron chi connectivity index (χ3n) is 7.16. The molecule has 1 aliphatic carbocycles. The lowest BCUT2D eigenvalue weighted by Crippen LogP contribution is -2.38. The highest BCUT2D eigenvalue weighted by Crippen LogP contribution is 2.42. The number of aromatic nitrogens is 1. The summed E-state index contributed by atoms with van der Waals surface area (Å²) in [4.78, 5) is 19.9. The minimum Gasteiger partial charge on any atom is -0.493 e. The van der Waals surface area contributed by atoms with Gasteiger partial charge in [-0.15, -0.1) is 0 Å². The van der Waals surface area contributed by atoms with Crippen LogP contribution >= 0.6 is 11.3 Å². The van der Waals surface area contributed by atoms with Crippen molar-refractivity contribution in [2.24, 2.45) is 4.99 Å². The first-order valence-electron chi connectivity index (χ1n) is 13.1. The van der Waals surface area contributed by atoms with E-state index in [9.17, 15) is 4.79 Å². The molecule has 0 saturated heterocycles. The molecule has 0 amide bonds. The first-order valence-corrected chi connectivity index (χ1v) is 13.9. The molecule has 3 aromatic carbocycles. The molecule has 1 aromatic heterocycles. The van der Waals surface area contributed by atoms with Gasteiger partial charge < -0.3 is 14.2 Å². The van der Waals surface area contributed by atoms with E-state index >= 15 is 0 Å². The van der Waals surface area contributed by atoms with Crippen LogP contribution in [0.1, 0.15) is 48.6 Å². The molecule has 0 N–H and O–H groups in total. The van der Waals surface area contributed by atoms with Gasteiger partial charge in [0, 0.05) is 11.1 Å². The van der Waals surface area contributed by atoms with Crippen LogP contribution in [-0.4, -0.2) is 24.9 Å². The molecule has 4 aromatic rings. The van der Waals surface area contributed by atoms with Crippen molar-refractivity contribution in [1.82, 2.24) is 4.57 Å². The second-order valence-corrected chi connectivity index (χ2v) is 10.9. The molecule has 0 radical (unpaired) electrons. The van der Waals surface area contributed by atoms with Gasteiger partial charge in [0.1, 0.15) is 5.75 Å². The highest BCUT2D eigenvalue weighted by atomic mass is 32.1. The maximum atomic E-state index is 14.1. The largest absolute Gasteiger partial charge is 0.493 e. The SMILES string of the molecule is COc1ccc(C2C3=C(N=c4sc(=Cc5ccccc5OC(C)C)c(=O)n42)c2ccccc2CC3)cc1OC. The zero-order valence-corrected chi connectivity index (χ0v) is 23.2. The smallest absolute Gasteiger partial charge is 0.271 e. The highest BCUT2D eigenvalue weighted by molar-refractivity contribution is 7.07. The topological polar surface area (TPSA) is 62.0 Å². The summed E-state index contributed by atoms with van der Waals surface area (Å²) >= 11 is 1.41. The predicted molar refractivity (Wildman–Crippen MR) is 155 cm³/mol. The van der Waals surface area contributed by atoms with E-state index in [1.165, 1.54) is 16.9 Å². The van der Waals surface area contributed by atoms with Crippen molar-refractivity contribution in [3.63, 3.8) is 0 Å². The zero-order valence-electron chi connectivity index (χ0n) is 22.4. The Hall–Kier alpha value is -4.10. The second-order valence-electron chi connectivity index (χ2n) is 9.93. The highest BCUT2D eigenvalue weighted by Gasteiger charge is 2.33. The molecule has 1 aliphatic heterocycles. The van der Waals surface area contributed by atoms with E-state index in [2.05, 4.69) is 24.3 Å². The molecule has 0 saturated carbocycles. The van der Waals surface area contributed by atoms with Crippen molar-refractivity contribution in [3.8, 4) is 17.2 Å². The number of fused-ring (bicyclic) bond motifs is 3. The van der Waals surface area contributed by atoms with Gasteiger partial charge in [-0.2, -0.15) is 0 Å². The average Bonchev–Trinajstić information content (AvgIpc) is 3.26. The first-order chi connectivity index (χ1) is 19.0. The minimum absolute atomic E-state index is 0.0256. The Balaban J connectivity index is 1.60. The fourth-order valence-corrected chi connectivity index (χ4v) is 6.44. The van der Waals surface area contributed by atoms with Gasteiger partial charge >= 0.3 is 0 Å². The van der Waals surface area contributed by atoms with Gasteiger partial charge in [-0.3, -0.25) is 9.36 Å². The van der Waals surface area contributed by atoms with Crippen molar-refractivity contribution in [2.45, 2.75) is 38.8 Å². The van der Waals surface area contributed by atoms with E-state index in [1.807, 2.05) is 67.0 Å². The summed E-state index contributed by atoms with van der Waals surface area (Å²) in [6, 6.07) is 21.8. The number of ether oxygens (including phenoxy) is 3. The Morgan fingerprint density at radius 1 is 0.949 bits per heavy atom. The fourth-order valence-electron chi connectivity index (χ4n) is 5.45. The van der Waals surface area contributed by atoms with Gasteiger partial charge in [-0.1, -0.05) is 59.9 Å². The number of methoxy groups -OCH3 is 2. The minimum atomic E-state index is -0.297. The van der Waals surface area contributed by atoms with Gasteiger partial charge in [0.05, 0.1) is 36.6 Å². The third-order valence-corrected chi connectivity index (χ3v) is 8.15. The molecular weight excluding hydrogens is 508 g/mol. The Bertz CT molecular complexity index is 1780. The van der Waals surface area contributed by atoms with E-state index in [1.54, 1.807) is 14.2 Å². The third kappa shape index (κ3) is 4.46. The summed E-state index contributed by atoms with van der Waals surface area (Å²) in [6.45, 7) is 3.99. The summed E-state index contributed by atoms with van der Waals surface area (Å²) < 4.78 is 19.6. The Kier molecular flexibility index (Phi) is 6.61. The van der Waals surface area contributed by atoms with Gasteiger partial charge in [0.2, 0.25) is 0 Å². The van der Waals surface area contributed by atoms with Gasteiger partial charge in [-0.25, -0.2) is 4.99 Å². The number of nitrogens with zero attached hydrogens (tertiary/aromatic N) is 2. The Morgan fingerprint density at radius 3 is 2.51 bits per heavy atom. The maximum Gasteiger partial charge on any atom is 0.271 e.